The first-order valence-corrected chi connectivity index (χ1v) is 5.39. The predicted molar refractivity (Wildman–Crippen MR) is 57.6 cm³/mol. The lowest BCUT2D eigenvalue weighted by Crippen LogP contribution is -2.08. The number of hydrogen-bond acceptors (Lipinski definition) is 3. The van der Waals surface area contributed by atoms with Crippen LogP contribution >= 0.6 is 11.6 Å². The summed E-state index contributed by atoms with van der Waals surface area (Å²) in [6, 6.07) is 1.90. The average molecular weight is 212 g/mol. The van der Waals surface area contributed by atoms with Crippen LogP contribution in [0, 0.1) is 0 Å². The van der Waals surface area contributed by atoms with E-state index in [1.54, 1.807) is 6.20 Å². The maximum absolute atomic E-state index is 6.26. The van der Waals surface area contributed by atoms with E-state index in [-0.39, 0.29) is 4.87 Å². The van der Waals surface area contributed by atoms with Gasteiger partial charge >= 0.3 is 0 Å². The van der Waals surface area contributed by atoms with Gasteiger partial charge in [0.2, 0.25) is 5.95 Å². The van der Waals surface area contributed by atoms with Crippen molar-refractivity contribution >= 4 is 17.5 Å². The maximum Gasteiger partial charge on any atom is 0.222 e. The highest BCUT2D eigenvalue weighted by atomic mass is 35.5. The summed E-state index contributed by atoms with van der Waals surface area (Å²) in [5.74, 6) is 0.691. The second-order valence-corrected chi connectivity index (χ2v) is 4.38. The van der Waals surface area contributed by atoms with E-state index in [0.717, 1.165) is 31.5 Å². The Balaban J connectivity index is 2.11. The van der Waals surface area contributed by atoms with Gasteiger partial charge in [0.1, 0.15) is 0 Å². The number of anilines is 1. The Morgan fingerprint density at radius 1 is 1.57 bits per heavy atom. The van der Waals surface area contributed by atoms with Crippen molar-refractivity contribution in [3.63, 3.8) is 0 Å². The molecule has 0 saturated heterocycles. The number of nitrogens with one attached hydrogen (secondary N) is 1. The van der Waals surface area contributed by atoms with Crippen molar-refractivity contribution < 1.29 is 0 Å². The molecule has 1 saturated carbocycles. The highest BCUT2D eigenvalue weighted by Crippen LogP contribution is 2.51. The molecular weight excluding hydrogens is 198 g/mol. The quantitative estimate of drug-likeness (QED) is 0.778. The minimum absolute atomic E-state index is 0.189. The Kier molecular flexibility index (Phi) is 2.59. The van der Waals surface area contributed by atoms with Gasteiger partial charge in [0.15, 0.2) is 0 Å². The van der Waals surface area contributed by atoms with Gasteiger partial charge in [0.25, 0.3) is 0 Å². The molecular formula is C10H14ClN3. The average Bonchev–Trinajstić information content (AvgIpc) is 2.95. The van der Waals surface area contributed by atoms with E-state index in [9.17, 15) is 0 Å². The smallest absolute Gasteiger partial charge is 0.222 e. The van der Waals surface area contributed by atoms with Crippen molar-refractivity contribution in [2.45, 2.75) is 31.1 Å². The van der Waals surface area contributed by atoms with Gasteiger partial charge in [-0.3, -0.25) is 0 Å². The molecule has 3 nitrogen and oxygen atoms in total. The fourth-order valence-corrected chi connectivity index (χ4v) is 1.50. The van der Waals surface area contributed by atoms with E-state index < -0.39 is 0 Å². The summed E-state index contributed by atoms with van der Waals surface area (Å²) in [5, 5.41) is 3.15. The normalized spacial score (nSPS) is 17.9. The topological polar surface area (TPSA) is 37.8 Å². The molecule has 14 heavy (non-hydrogen) atoms. The van der Waals surface area contributed by atoms with Crippen LogP contribution in [0.15, 0.2) is 12.3 Å². The molecule has 0 radical (unpaired) electrons. The third-order valence-electron chi connectivity index (χ3n) is 2.34. The fourth-order valence-electron chi connectivity index (χ4n) is 1.30. The number of alkyl halides is 1. The van der Waals surface area contributed by atoms with Crippen LogP contribution < -0.4 is 5.32 Å². The van der Waals surface area contributed by atoms with Crippen molar-refractivity contribution in [1.29, 1.82) is 0 Å². The third-order valence-corrected chi connectivity index (χ3v) is 2.91. The van der Waals surface area contributed by atoms with Crippen LogP contribution in [0.4, 0.5) is 5.95 Å². The van der Waals surface area contributed by atoms with Gasteiger partial charge in [-0.15, -0.1) is 11.6 Å². The fraction of sp³-hybridized carbons (Fsp3) is 0.600. The highest BCUT2D eigenvalue weighted by Gasteiger charge is 2.43. The predicted octanol–water partition coefficient (Wildman–Crippen LogP) is 2.53. The first-order chi connectivity index (χ1) is 6.74. The summed E-state index contributed by atoms with van der Waals surface area (Å²) in [7, 11) is 0. The molecule has 0 bridgehead atoms. The van der Waals surface area contributed by atoms with Crippen molar-refractivity contribution in [2.75, 3.05) is 11.9 Å². The highest BCUT2D eigenvalue weighted by molar-refractivity contribution is 6.25. The molecule has 1 fully saturated rings. The molecule has 1 N–H and O–H groups in total. The van der Waals surface area contributed by atoms with Crippen molar-refractivity contribution in [2.24, 2.45) is 0 Å². The first-order valence-electron chi connectivity index (χ1n) is 5.01. The van der Waals surface area contributed by atoms with Crippen LogP contribution in [-0.2, 0) is 4.87 Å². The number of halogens is 1. The maximum atomic E-state index is 6.26. The lowest BCUT2D eigenvalue weighted by Gasteiger charge is -2.07. The molecule has 0 aliphatic heterocycles. The van der Waals surface area contributed by atoms with Gasteiger partial charge < -0.3 is 5.32 Å². The van der Waals surface area contributed by atoms with E-state index >= 15 is 0 Å². The minimum atomic E-state index is -0.189. The summed E-state index contributed by atoms with van der Waals surface area (Å²) in [6.07, 6.45) is 4.89. The number of hydrogen-bond donors (Lipinski definition) is 1. The van der Waals surface area contributed by atoms with Crippen LogP contribution in [0.2, 0.25) is 0 Å². The SMILES string of the molecule is CCCNc1nccc(C2(Cl)CC2)n1. The second-order valence-electron chi connectivity index (χ2n) is 3.66. The molecule has 4 heteroatoms. The lowest BCUT2D eigenvalue weighted by molar-refractivity contribution is 0.896. The van der Waals surface area contributed by atoms with Gasteiger partial charge in [-0.05, 0) is 25.3 Å². The molecule has 0 aromatic carbocycles. The zero-order chi connectivity index (χ0) is 10.0. The Bertz CT molecular complexity index is 323. The summed E-state index contributed by atoms with van der Waals surface area (Å²) in [4.78, 5) is 8.34. The number of aromatic nitrogens is 2. The van der Waals surface area contributed by atoms with E-state index in [0.29, 0.717) is 5.95 Å². The zero-order valence-corrected chi connectivity index (χ0v) is 9.01. The molecule has 0 amide bonds. The molecule has 1 aliphatic rings. The van der Waals surface area contributed by atoms with Crippen LogP contribution in [0.3, 0.4) is 0 Å². The summed E-state index contributed by atoms with van der Waals surface area (Å²) >= 11 is 6.26. The van der Waals surface area contributed by atoms with E-state index in [1.807, 2.05) is 6.07 Å². The monoisotopic (exact) mass is 211 g/mol. The van der Waals surface area contributed by atoms with Gasteiger partial charge in [-0.1, -0.05) is 6.92 Å². The van der Waals surface area contributed by atoms with Crippen molar-refractivity contribution in [3.05, 3.63) is 18.0 Å². The summed E-state index contributed by atoms with van der Waals surface area (Å²) < 4.78 is 0. The van der Waals surface area contributed by atoms with E-state index in [4.69, 9.17) is 11.6 Å². The van der Waals surface area contributed by atoms with Gasteiger partial charge in [-0.25, -0.2) is 9.97 Å². The van der Waals surface area contributed by atoms with E-state index in [1.165, 1.54) is 0 Å². The number of nitrogens with zero attached hydrogens (tertiary/aromatic N) is 2. The largest absolute Gasteiger partial charge is 0.354 e. The van der Waals surface area contributed by atoms with Crippen LogP contribution in [0.1, 0.15) is 31.9 Å². The number of rotatable bonds is 4. The third kappa shape index (κ3) is 1.98. The summed E-state index contributed by atoms with van der Waals surface area (Å²) in [5.41, 5.74) is 0.952. The van der Waals surface area contributed by atoms with Crippen molar-refractivity contribution in [3.8, 4) is 0 Å². The van der Waals surface area contributed by atoms with Crippen LogP contribution in [0.5, 0.6) is 0 Å². The molecule has 0 spiro atoms. The van der Waals surface area contributed by atoms with Crippen molar-refractivity contribution in [1.82, 2.24) is 9.97 Å². The van der Waals surface area contributed by atoms with Crippen LogP contribution in [-0.4, -0.2) is 16.5 Å². The lowest BCUT2D eigenvalue weighted by atomic mass is 10.3. The molecule has 2 rings (SSSR count). The van der Waals surface area contributed by atoms with Gasteiger partial charge in [0.05, 0.1) is 10.6 Å². The zero-order valence-electron chi connectivity index (χ0n) is 8.26. The van der Waals surface area contributed by atoms with Gasteiger partial charge in [0, 0.05) is 12.7 Å². The molecule has 0 atom stereocenters. The molecule has 1 heterocycles. The Morgan fingerprint density at radius 3 is 3.00 bits per heavy atom. The second kappa shape index (κ2) is 3.73. The standard InChI is InChI=1S/C10H14ClN3/c1-2-6-12-9-13-7-3-8(14-9)10(11)4-5-10/h3,7H,2,4-6H2,1H3,(H,12,13,14). The molecule has 1 aromatic rings. The molecule has 1 aliphatic carbocycles. The Hall–Kier alpha value is -0.830. The molecule has 76 valence electrons. The molecule has 0 unspecified atom stereocenters. The molecule has 1 aromatic heterocycles. The van der Waals surface area contributed by atoms with Crippen LogP contribution in [0.25, 0.3) is 0 Å². The van der Waals surface area contributed by atoms with E-state index in [2.05, 4.69) is 22.2 Å². The Labute approximate surface area is 88.9 Å². The first kappa shape index (κ1) is 9.71. The Morgan fingerprint density at radius 2 is 2.36 bits per heavy atom. The van der Waals surface area contributed by atoms with Gasteiger partial charge in [-0.2, -0.15) is 0 Å². The summed E-state index contributed by atoms with van der Waals surface area (Å²) in [6.45, 7) is 3.01. The minimum Gasteiger partial charge on any atom is -0.354 e.